The van der Waals surface area contributed by atoms with Gasteiger partial charge in [0.1, 0.15) is 5.82 Å². The normalized spacial score (nSPS) is 16.9. The maximum atomic E-state index is 14.9. The molecule has 1 amide bonds. The van der Waals surface area contributed by atoms with Crippen LogP contribution in [0.15, 0.2) is 23.1 Å². The Kier molecular flexibility index (Phi) is 4.87. The van der Waals surface area contributed by atoms with Crippen molar-refractivity contribution in [3.63, 3.8) is 0 Å². The molecule has 0 bridgehead atoms. The third kappa shape index (κ3) is 3.63. The molecule has 29 heavy (non-hydrogen) atoms. The Morgan fingerprint density at radius 1 is 1.21 bits per heavy atom. The summed E-state index contributed by atoms with van der Waals surface area (Å²) in [6, 6.07) is 2.87. The van der Waals surface area contributed by atoms with E-state index in [-0.39, 0.29) is 29.6 Å². The average molecular weight is 404 g/mol. The summed E-state index contributed by atoms with van der Waals surface area (Å²) in [7, 11) is 0. The van der Waals surface area contributed by atoms with Crippen molar-refractivity contribution in [2.45, 2.75) is 18.9 Å². The molecule has 9 nitrogen and oxygen atoms in total. The van der Waals surface area contributed by atoms with Gasteiger partial charge >= 0.3 is 6.16 Å². The monoisotopic (exact) mass is 404 g/mol. The number of fused-ring (bicyclic) bond motifs is 1. The Hall–Kier alpha value is -3.14. The maximum Gasteiger partial charge on any atom is 0.511 e. The molecule has 0 atom stereocenters. The smallest absolute Gasteiger partial charge is 0.449 e. The Labute approximate surface area is 165 Å². The zero-order valence-corrected chi connectivity index (χ0v) is 15.6. The van der Waals surface area contributed by atoms with Crippen molar-refractivity contribution >= 4 is 28.7 Å². The van der Waals surface area contributed by atoms with Gasteiger partial charge in [-0.2, -0.15) is 0 Å². The highest BCUT2D eigenvalue weighted by Crippen LogP contribution is 2.39. The second kappa shape index (κ2) is 7.36. The van der Waals surface area contributed by atoms with Crippen LogP contribution in [0.25, 0.3) is 10.9 Å². The average Bonchev–Trinajstić information content (AvgIpc) is 3.54. The van der Waals surface area contributed by atoms with Crippen LogP contribution in [0.5, 0.6) is 5.75 Å². The standard InChI is InChI=1S/C19H21FN4O5/c20-13-7-12-14(8-15(13)22-3-5-23(6-4-22)17(25)9-21)24(11-1-2-11)10-16(18(12)26)29-19(27)28/h7-8,10-11H,1-6,9,21H2,(H,27,28). The molecule has 0 radical (unpaired) electrons. The second-order valence-corrected chi connectivity index (χ2v) is 7.22. The summed E-state index contributed by atoms with van der Waals surface area (Å²) in [5, 5.41) is 8.95. The number of pyridine rings is 1. The number of piperazine rings is 1. The fourth-order valence-electron chi connectivity index (χ4n) is 3.72. The molecule has 154 valence electrons. The number of carbonyl (C=O) groups is 2. The van der Waals surface area contributed by atoms with Crippen molar-refractivity contribution in [3.8, 4) is 5.75 Å². The van der Waals surface area contributed by atoms with Gasteiger partial charge in [-0.3, -0.25) is 9.59 Å². The number of anilines is 1. The predicted molar refractivity (Wildman–Crippen MR) is 103 cm³/mol. The molecule has 10 heteroatoms. The fraction of sp³-hybridized carbons (Fsp3) is 0.421. The van der Waals surface area contributed by atoms with Gasteiger partial charge < -0.3 is 29.9 Å². The second-order valence-electron chi connectivity index (χ2n) is 7.22. The fourth-order valence-corrected chi connectivity index (χ4v) is 3.72. The minimum absolute atomic E-state index is 0.0568. The molecule has 0 unspecified atom stereocenters. The van der Waals surface area contributed by atoms with Gasteiger partial charge in [0.25, 0.3) is 0 Å². The third-order valence-corrected chi connectivity index (χ3v) is 5.35. The zero-order valence-electron chi connectivity index (χ0n) is 15.6. The molecule has 2 aromatic rings. The van der Waals surface area contributed by atoms with Crippen LogP contribution in [-0.4, -0.2) is 59.4 Å². The number of nitrogens with two attached hydrogens (primary N) is 1. The summed E-state index contributed by atoms with van der Waals surface area (Å²) in [6.07, 6.45) is 1.57. The van der Waals surface area contributed by atoms with Crippen molar-refractivity contribution in [1.82, 2.24) is 9.47 Å². The van der Waals surface area contributed by atoms with Crippen LogP contribution in [0.2, 0.25) is 0 Å². The summed E-state index contributed by atoms with van der Waals surface area (Å²) in [5.74, 6) is -1.06. The number of carboxylic acid groups (broad SMARTS) is 1. The van der Waals surface area contributed by atoms with Crippen LogP contribution in [0.3, 0.4) is 0 Å². The van der Waals surface area contributed by atoms with Gasteiger partial charge in [0.2, 0.25) is 11.3 Å². The Morgan fingerprint density at radius 2 is 1.90 bits per heavy atom. The number of aromatic nitrogens is 1. The summed E-state index contributed by atoms with van der Waals surface area (Å²) in [6.45, 7) is 1.71. The van der Waals surface area contributed by atoms with Crippen molar-refractivity contribution in [3.05, 3.63) is 34.4 Å². The zero-order chi connectivity index (χ0) is 20.7. The number of nitrogens with zero attached hydrogens (tertiary/aromatic N) is 3. The van der Waals surface area contributed by atoms with E-state index >= 15 is 0 Å². The van der Waals surface area contributed by atoms with Gasteiger partial charge in [-0.05, 0) is 25.0 Å². The minimum atomic E-state index is -1.59. The highest BCUT2D eigenvalue weighted by Gasteiger charge is 2.28. The van der Waals surface area contributed by atoms with E-state index in [0.717, 1.165) is 18.9 Å². The van der Waals surface area contributed by atoms with E-state index in [4.69, 9.17) is 10.8 Å². The molecule has 1 aromatic heterocycles. The Bertz CT molecular complexity index is 1040. The lowest BCUT2D eigenvalue weighted by Crippen LogP contribution is -2.50. The number of amides is 1. The number of benzene rings is 1. The van der Waals surface area contributed by atoms with E-state index in [1.54, 1.807) is 15.5 Å². The third-order valence-electron chi connectivity index (χ3n) is 5.35. The minimum Gasteiger partial charge on any atom is -0.449 e. The van der Waals surface area contributed by atoms with Crippen LogP contribution in [0, 0.1) is 5.82 Å². The van der Waals surface area contributed by atoms with Crippen LogP contribution < -0.4 is 20.8 Å². The van der Waals surface area contributed by atoms with E-state index in [2.05, 4.69) is 4.74 Å². The molecule has 0 spiro atoms. The van der Waals surface area contributed by atoms with Crippen molar-refractivity contribution in [1.29, 1.82) is 0 Å². The summed E-state index contributed by atoms with van der Waals surface area (Å²) in [4.78, 5) is 38.7. The van der Waals surface area contributed by atoms with E-state index in [1.807, 2.05) is 4.90 Å². The first-order valence-corrected chi connectivity index (χ1v) is 9.41. The SMILES string of the molecule is NCC(=O)N1CCN(c2cc3c(cc2F)c(=O)c(OC(=O)O)cn3C2CC2)CC1. The largest absolute Gasteiger partial charge is 0.511 e. The van der Waals surface area contributed by atoms with E-state index in [1.165, 1.54) is 6.20 Å². The molecule has 1 saturated carbocycles. The molecule has 1 aliphatic heterocycles. The number of ether oxygens (including phenoxy) is 1. The topological polar surface area (TPSA) is 118 Å². The number of hydrogen-bond acceptors (Lipinski definition) is 6. The van der Waals surface area contributed by atoms with Crippen LogP contribution in [-0.2, 0) is 4.79 Å². The number of hydrogen-bond donors (Lipinski definition) is 2. The van der Waals surface area contributed by atoms with Crippen LogP contribution in [0.4, 0.5) is 14.9 Å². The van der Waals surface area contributed by atoms with Gasteiger partial charge in [-0.15, -0.1) is 0 Å². The Balaban J connectivity index is 1.73. The van der Waals surface area contributed by atoms with Crippen molar-refractivity contribution in [2.24, 2.45) is 5.73 Å². The first-order valence-electron chi connectivity index (χ1n) is 9.41. The quantitative estimate of drug-likeness (QED) is 0.734. The first-order chi connectivity index (χ1) is 13.9. The molecular weight excluding hydrogens is 383 g/mol. The highest BCUT2D eigenvalue weighted by atomic mass is 19.1. The van der Waals surface area contributed by atoms with Gasteiger partial charge in [0.15, 0.2) is 5.75 Å². The summed E-state index contributed by atoms with van der Waals surface area (Å²) < 4.78 is 21.3. The van der Waals surface area contributed by atoms with Crippen molar-refractivity contribution < 1.29 is 23.8 Å². The van der Waals surface area contributed by atoms with E-state index in [0.29, 0.717) is 37.4 Å². The number of halogens is 1. The lowest BCUT2D eigenvalue weighted by atomic mass is 10.1. The molecule has 4 rings (SSSR count). The van der Waals surface area contributed by atoms with Gasteiger partial charge in [0.05, 0.1) is 29.3 Å². The Morgan fingerprint density at radius 3 is 2.48 bits per heavy atom. The first kappa shape index (κ1) is 19.2. The van der Waals surface area contributed by atoms with Crippen molar-refractivity contribution in [2.75, 3.05) is 37.6 Å². The van der Waals surface area contributed by atoms with E-state index in [9.17, 15) is 18.8 Å². The number of carbonyl (C=O) groups excluding carboxylic acids is 1. The predicted octanol–water partition coefficient (Wildman–Crippen LogP) is 1.14. The molecule has 1 saturated heterocycles. The molecular formula is C19H21FN4O5. The molecule has 1 aliphatic carbocycles. The number of rotatable bonds is 4. The molecule has 2 aliphatic rings. The molecule has 2 heterocycles. The lowest BCUT2D eigenvalue weighted by molar-refractivity contribution is -0.129. The molecule has 2 fully saturated rings. The summed E-state index contributed by atoms with van der Waals surface area (Å²) in [5.41, 5.74) is 5.61. The van der Waals surface area contributed by atoms with E-state index < -0.39 is 17.4 Å². The highest BCUT2D eigenvalue weighted by molar-refractivity contribution is 5.85. The van der Waals surface area contributed by atoms with Gasteiger partial charge in [0, 0.05) is 32.2 Å². The molecule has 1 aromatic carbocycles. The maximum absolute atomic E-state index is 14.9. The van der Waals surface area contributed by atoms with Crippen LogP contribution in [0.1, 0.15) is 18.9 Å². The molecule has 3 N–H and O–H groups in total. The van der Waals surface area contributed by atoms with Crippen LogP contribution >= 0.6 is 0 Å². The van der Waals surface area contributed by atoms with Gasteiger partial charge in [-0.25, -0.2) is 9.18 Å². The lowest BCUT2D eigenvalue weighted by Gasteiger charge is -2.36. The van der Waals surface area contributed by atoms with Gasteiger partial charge in [-0.1, -0.05) is 0 Å². The summed E-state index contributed by atoms with van der Waals surface area (Å²) >= 11 is 0.